The number of fused-ring (bicyclic) bond motifs is 1. The number of halogens is 1. The first-order valence-corrected chi connectivity index (χ1v) is 9.32. The van der Waals surface area contributed by atoms with Crippen LogP contribution in [-0.2, 0) is 16.1 Å². The van der Waals surface area contributed by atoms with Crippen molar-refractivity contribution in [1.82, 2.24) is 0 Å². The molecule has 146 valence electrons. The summed E-state index contributed by atoms with van der Waals surface area (Å²) in [6, 6.07) is 12.4. The normalized spacial score (nSPS) is 20.9. The van der Waals surface area contributed by atoms with E-state index in [-0.39, 0.29) is 30.7 Å². The summed E-state index contributed by atoms with van der Waals surface area (Å²) in [5, 5.41) is 3.16. The molecule has 0 bridgehead atoms. The van der Waals surface area contributed by atoms with Gasteiger partial charge in [-0.05, 0) is 63.6 Å². The van der Waals surface area contributed by atoms with Crippen LogP contribution < -0.4 is 10.1 Å². The van der Waals surface area contributed by atoms with E-state index in [1.807, 2.05) is 59.0 Å². The predicted molar refractivity (Wildman–Crippen MR) is 105 cm³/mol. The molecule has 5 heteroatoms. The summed E-state index contributed by atoms with van der Waals surface area (Å²) < 4.78 is 32.3. The van der Waals surface area contributed by atoms with Gasteiger partial charge in [-0.15, -0.1) is 0 Å². The molecule has 2 atom stereocenters. The summed E-state index contributed by atoms with van der Waals surface area (Å²) in [5.41, 5.74) is 2.13. The number of anilines is 1. The number of hydrogen-bond acceptors (Lipinski definition) is 4. The van der Waals surface area contributed by atoms with E-state index in [1.165, 1.54) is 12.1 Å². The van der Waals surface area contributed by atoms with Gasteiger partial charge in [0.05, 0.1) is 12.7 Å². The molecule has 2 aromatic rings. The van der Waals surface area contributed by atoms with Crippen LogP contribution in [-0.4, -0.2) is 24.9 Å². The zero-order valence-corrected chi connectivity index (χ0v) is 16.6. The number of benzene rings is 2. The molecule has 0 aliphatic carbocycles. The van der Waals surface area contributed by atoms with E-state index in [2.05, 4.69) is 5.32 Å². The highest BCUT2D eigenvalue weighted by atomic mass is 19.1. The fraction of sp³-hybridized carbons (Fsp3) is 0.455. The van der Waals surface area contributed by atoms with Crippen LogP contribution in [0.2, 0.25) is 0 Å². The molecule has 4 nitrogen and oxygen atoms in total. The molecule has 0 saturated heterocycles. The Hall–Kier alpha value is -2.11. The number of ether oxygens (including phenoxy) is 3. The van der Waals surface area contributed by atoms with Crippen LogP contribution in [0.5, 0.6) is 5.75 Å². The third-order valence-electron chi connectivity index (χ3n) is 4.68. The maximum atomic E-state index is 13.5. The van der Waals surface area contributed by atoms with Crippen LogP contribution in [0, 0.1) is 5.82 Å². The monoisotopic (exact) mass is 373 g/mol. The molecule has 2 aromatic carbocycles. The van der Waals surface area contributed by atoms with Gasteiger partial charge in [0.1, 0.15) is 29.4 Å². The minimum atomic E-state index is -0.596. The van der Waals surface area contributed by atoms with E-state index < -0.39 is 5.60 Å². The van der Waals surface area contributed by atoms with Crippen LogP contribution in [0.25, 0.3) is 0 Å². The Kier molecular flexibility index (Phi) is 5.72. The van der Waals surface area contributed by atoms with E-state index in [1.54, 1.807) is 6.07 Å². The molecule has 27 heavy (non-hydrogen) atoms. The molecule has 0 spiro atoms. The Bertz CT molecular complexity index is 791. The fourth-order valence-corrected chi connectivity index (χ4v) is 3.43. The molecule has 3 rings (SSSR count). The molecule has 0 fully saturated rings. The largest absolute Gasteiger partial charge is 0.485 e. The Labute approximate surface area is 160 Å². The quantitative estimate of drug-likeness (QED) is 0.766. The van der Waals surface area contributed by atoms with E-state index in [9.17, 15) is 4.39 Å². The van der Waals surface area contributed by atoms with Gasteiger partial charge < -0.3 is 19.5 Å². The van der Waals surface area contributed by atoms with Crippen LogP contribution in [0.4, 0.5) is 10.1 Å². The summed E-state index contributed by atoms with van der Waals surface area (Å²) in [5.74, 6) is 0.532. The molecular formula is C22H28FNO3. The fourth-order valence-electron chi connectivity index (χ4n) is 3.43. The maximum absolute atomic E-state index is 13.5. The Morgan fingerprint density at radius 1 is 1.19 bits per heavy atom. The SMILES string of the molecule is CNc1ccc2c(c1)C(OC(C)C)C(OCc1cccc(F)c1)C(C)(C)O2. The van der Waals surface area contributed by atoms with E-state index >= 15 is 0 Å². The summed E-state index contributed by atoms with van der Waals surface area (Å²) >= 11 is 0. The van der Waals surface area contributed by atoms with Crippen molar-refractivity contribution in [2.24, 2.45) is 0 Å². The van der Waals surface area contributed by atoms with Crippen molar-refractivity contribution in [3.63, 3.8) is 0 Å². The molecule has 1 aliphatic heterocycles. The summed E-state index contributed by atoms with van der Waals surface area (Å²) in [6.45, 7) is 8.29. The van der Waals surface area contributed by atoms with Gasteiger partial charge in [-0.2, -0.15) is 0 Å². The summed E-state index contributed by atoms with van der Waals surface area (Å²) in [4.78, 5) is 0. The zero-order chi connectivity index (χ0) is 19.6. The van der Waals surface area contributed by atoms with E-state index in [0.717, 1.165) is 22.6 Å². The highest BCUT2D eigenvalue weighted by Crippen LogP contribution is 2.45. The molecule has 1 N–H and O–H groups in total. The van der Waals surface area contributed by atoms with Gasteiger partial charge >= 0.3 is 0 Å². The van der Waals surface area contributed by atoms with Crippen molar-refractivity contribution >= 4 is 5.69 Å². The third kappa shape index (κ3) is 4.42. The van der Waals surface area contributed by atoms with Gasteiger partial charge in [0.2, 0.25) is 0 Å². The second-order valence-corrected chi connectivity index (χ2v) is 7.68. The lowest BCUT2D eigenvalue weighted by Crippen LogP contribution is -2.51. The van der Waals surface area contributed by atoms with Crippen molar-refractivity contribution in [1.29, 1.82) is 0 Å². The van der Waals surface area contributed by atoms with E-state index in [0.29, 0.717) is 0 Å². The second-order valence-electron chi connectivity index (χ2n) is 7.68. The van der Waals surface area contributed by atoms with Gasteiger partial charge in [-0.25, -0.2) is 4.39 Å². The predicted octanol–water partition coefficient (Wildman–Crippen LogP) is 5.09. The molecule has 0 radical (unpaired) electrons. The van der Waals surface area contributed by atoms with Crippen molar-refractivity contribution < 1.29 is 18.6 Å². The summed E-state index contributed by atoms with van der Waals surface area (Å²) in [6.07, 6.45) is -0.608. The van der Waals surface area contributed by atoms with Gasteiger partial charge in [0.25, 0.3) is 0 Å². The number of hydrogen-bond donors (Lipinski definition) is 1. The van der Waals surface area contributed by atoms with Crippen molar-refractivity contribution in [3.05, 3.63) is 59.4 Å². The third-order valence-corrected chi connectivity index (χ3v) is 4.68. The molecule has 1 aliphatic rings. The lowest BCUT2D eigenvalue weighted by Gasteiger charge is -2.44. The van der Waals surface area contributed by atoms with Gasteiger partial charge in [0.15, 0.2) is 0 Å². The second kappa shape index (κ2) is 7.87. The van der Waals surface area contributed by atoms with Crippen LogP contribution >= 0.6 is 0 Å². The average Bonchev–Trinajstić information content (AvgIpc) is 2.60. The van der Waals surface area contributed by atoms with Crippen molar-refractivity contribution in [2.45, 2.75) is 58.2 Å². The van der Waals surface area contributed by atoms with Crippen molar-refractivity contribution in [2.75, 3.05) is 12.4 Å². The molecule has 0 saturated carbocycles. The number of rotatable bonds is 6. The molecule has 2 unspecified atom stereocenters. The van der Waals surface area contributed by atoms with Crippen LogP contribution in [0.3, 0.4) is 0 Å². The topological polar surface area (TPSA) is 39.7 Å². The number of nitrogens with one attached hydrogen (secondary N) is 1. The average molecular weight is 373 g/mol. The lowest BCUT2D eigenvalue weighted by molar-refractivity contribution is -0.177. The smallest absolute Gasteiger partial charge is 0.132 e. The van der Waals surface area contributed by atoms with Gasteiger partial charge in [-0.1, -0.05) is 12.1 Å². The Balaban J connectivity index is 1.93. The summed E-state index contributed by atoms with van der Waals surface area (Å²) in [7, 11) is 1.88. The Morgan fingerprint density at radius 3 is 2.63 bits per heavy atom. The van der Waals surface area contributed by atoms with Gasteiger partial charge in [-0.3, -0.25) is 0 Å². The highest BCUT2D eigenvalue weighted by molar-refractivity contribution is 5.53. The van der Waals surface area contributed by atoms with Crippen LogP contribution in [0.15, 0.2) is 42.5 Å². The first-order valence-electron chi connectivity index (χ1n) is 9.32. The maximum Gasteiger partial charge on any atom is 0.132 e. The minimum absolute atomic E-state index is 0.0234. The Morgan fingerprint density at radius 2 is 1.96 bits per heavy atom. The van der Waals surface area contributed by atoms with Gasteiger partial charge in [0, 0.05) is 18.3 Å². The standard InChI is InChI=1S/C22H28FNO3/c1-14(2)26-20-18-12-17(24-5)9-10-19(18)27-22(3,4)21(20)25-13-15-7-6-8-16(23)11-15/h6-12,14,20-21,24H,13H2,1-5H3. The lowest BCUT2D eigenvalue weighted by atomic mass is 9.87. The van der Waals surface area contributed by atoms with Crippen LogP contribution in [0.1, 0.15) is 44.9 Å². The first kappa shape index (κ1) is 19.6. The molecular weight excluding hydrogens is 345 g/mol. The zero-order valence-electron chi connectivity index (χ0n) is 16.6. The van der Waals surface area contributed by atoms with Crippen molar-refractivity contribution in [3.8, 4) is 5.75 Å². The first-order chi connectivity index (χ1) is 12.8. The molecule has 0 aromatic heterocycles. The molecule has 1 heterocycles. The minimum Gasteiger partial charge on any atom is -0.485 e. The van der Waals surface area contributed by atoms with E-state index in [4.69, 9.17) is 14.2 Å². The highest BCUT2D eigenvalue weighted by Gasteiger charge is 2.46. The molecule has 0 amide bonds.